The number of sulfonamides is 1. The highest BCUT2D eigenvalue weighted by Gasteiger charge is 2.21. The molecule has 0 aliphatic rings. The number of anilines is 1. The quantitative estimate of drug-likeness (QED) is 0.915. The van der Waals surface area contributed by atoms with Gasteiger partial charge in [0.2, 0.25) is 0 Å². The molecule has 2 N–H and O–H groups in total. The summed E-state index contributed by atoms with van der Waals surface area (Å²) in [5, 5.41) is 0. The number of benzene rings is 1. The van der Waals surface area contributed by atoms with Gasteiger partial charge in [0.1, 0.15) is 5.82 Å². The summed E-state index contributed by atoms with van der Waals surface area (Å²) in [6.45, 7) is 0.385. The SMILES string of the molecule is CN(c1ccccn1)S(=O)(=O)c1ccc(CN)cc1. The number of pyridine rings is 1. The maximum atomic E-state index is 12.4. The van der Waals surface area contributed by atoms with E-state index in [1.165, 1.54) is 7.05 Å². The minimum atomic E-state index is -3.59. The zero-order chi connectivity index (χ0) is 13.9. The molecule has 0 amide bonds. The number of nitrogens with two attached hydrogens (primary N) is 1. The molecule has 0 bridgehead atoms. The van der Waals surface area contributed by atoms with Crippen LogP contribution in [0.15, 0.2) is 53.6 Å². The summed E-state index contributed by atoms with van der Waals surface area (Å²) in [6.07, 6.45) is 1.55. The molecule has 5 nitrogen and oxygen atoms in total. The molecular formula is C13H15N3O2S. The maximum absolute atomic E-state index is 12.4. The lowest BCUT2D eigenvalue weighted by Gasteiger charge is -2.18. The minimum absolute atomic E-state index is 0.220. The molecule has 2 aromatic rings. The fourth-order valence-corrected chi connectivity index (χ4v) is 2.77. The Labute approximate surface area is 112 Å². The molecule has 0 radical (unpaired) electrons. The van der Waals surface area contributed by atoms with E-state index in [0.717, 1.165) is 9.87 Å². The third-order valence-corrected chi connectivity index (χ3v) is 4.57. The van der Waals surface area contributed by atoms with Crippen molar-refractivity contribution in [3.8, 4) is 0 Å². The zero-order valence-corrected chi connectivity index (χ0v) is 11.3. The molecule has 1 aromatic heterocycles. The molecule has 100 valence electrons. The first-order valence-electron chi connectivity index (χ1n) is 5.74. The van der Waals surface area contributed by atoms with E-state index in [-0.39, 0.29) is 4.90 Å². The Morgan fingerprint density at radius 2 is 1.84 bits per heavy atom. The van der Waals surface area contributed by atoms with E-state index >= 15 is 0 Å². The molecule has 19 heavy (non-hydrogen) atoms. The molecule has 0 spiro atoms. The number of aromatic nitrogens is 1. The molecule has 0 atom stereocenters. The Morgan fingerprint density at radius 1 is 1.16 bits per heavy atom. The number of hydrogen-bond acceptors (Lipinski definition) is 4. The normalized spacial score (nSPS) is 11.3. The molecule has 0 saturated carbocycles. The minimum Gasteiger partial charge on any atom is -0.326 e. The Bertz CT molecular complexity index is 639. The van der Waals surface area contributed by atoms with Crippen LogP contribution < -0.4 is 10.0 Å². The number of rotatable bonds is 4. The van der Waals surface area contributed by atoms with Crippen molar-refractivity contribution in [2.24, 2.45) is 5.73 Å². The summed E-state index contributed by atoms with van der Waals surface area (Å²) in [6, 6.07) is 11.6. The van der Waals surface area contributed by atoms with E-state index in [4.69, 9.17) is 5.73 Å². The van der Waals surface area contributed by atoms with Crippen molar-refractivity contribution in [1.29, 1.82) is 0 Å². The highest BCUT2D eigenvalue weighted by molar-refractivity contribution is 7.92. The predicted octanol–water partition coefficient (Wildman–Crippen LogP) is 1.37. The third kappa shape index (κ3) is 2.74. The van der Waals surface area contributed by atoms with E-state index in [0.29, 0.717) is 12.4 Å². The second kappa shape index (κ2) is 5.38. The smallest absolute Gasteiger partial charge is 0.265 e. The van der Waals surface area contributed by atoms with Gasteiger partial charge in [0.25, 0.3) is 10.0 Å². The van der Waals surface area contributed by atoms with E-state index < -0.39 is 10.0 Å². The summed E-state index contributed by atoms with van der Waals surface area (Å²) in [4.78, 5) is 4.25. The van der Waals surface area contributed by atoms with Crippen LogP contribution in [0.1, 0.15) is 5.56 Å². The Morgan fingerprint density at radius 3 is 2.37 bits per heavy atom. The first-order valence-corrected chi connectivity index (χ1v) is 7.18. The van der Waals surface area contributed by atoms with Crippen molar-refractivity contribution in [2.75, 3.05) is 11.4 Å². The highest BCUT2D eigenvalue weighted by atomic mass is 32.2. The lowest BCUT2D eigenvalue weighted by atomic mass is 10.2. The number of nitrogens with zero attached hydrogens (tertiary/aromatic N) is 2. The Hall–Kier alpha value is -1.92. The molecule has 0 unspecified atom stereocenters. The molecule has 0 aliphatic heterocycles. The Kier molecular flexibility index (Phi) is 3.82. The summed E-state index contributed by atoms with van der Waals surface area (Å²) in [5.41, 5.74) is 6.38. The topological polar surface area (TPSA) is 76.3 Å². The van der Waals surface area contributed by atoms with Crippen molar-refractivity contribution in [3.63, 3.8) is 0 Å². The second-order valence-electron chi connectivity index (χ2n) is 4.01. The predicted molar refractivity (Wildman–Crippen MR) is 74.2 cm³/mol. The summed E-state index contributed by atoms with van der Waals surface area (Å²) in [5.74, 6) is 0.380. The highest BCUT2D eigenvalue weighted by Crippen LogP contribution is 2.19. The van der Waals surface area contributed by atoms with Crippen molar-refractivity contribution in [1.82, 2.24) is 4.98 Å². The molecule has 2 rings (SSSR count). The van der Waals surface area contributed by atoms with Crippen LogP contribution in [0.4, 0.5) is 5.82 Å². The van der Waals surface area contributed by atoms with Crippen LogP contribution >= 0.6 is 0 Å². The van der Waals surface area contributed by atoms with Crippen LogP contribution in [-0.2, 0) is 16.6 Å². The lowest BCUT2D eigenvalue weighted by molar-refractivity contribution is 0.594. The molecule has 6 heteroatoms. The molecule has 1 aromatic carbocycles. The molecular weight excluding hydrogens is 262 g/mol. The lowest BCUT2D eigenvalue weighted by Crippen LogP contribution is -2.27. The first kappa shape index (κ1) is 13.5. The average Bonchev–Trinajstić information content (AvgIpc) is 2.47. The molecule has 0 saturated heterocycles. The van der Waals surface area contributed by atoms with Gasteiger partial charge in [-0.2, -0.15) is 0 Å². The average molecular weight is 277 g/mol. The van der Waals surface area contributed by atoms with Gasteiger partial charge in [-0.3, -0.25) is 4.31 Å². The van der Waals surface area contributed by atoms with Gasteiger partial charge >= 0.3 is 0 Å². The molecule has 1 heterocycles. The van der Waals surface area contributed by atoms with E-state index in [2.05, 4.69) is 4.98 Å². The Balaban J connectivity index is 2.36. The van der Waals surface area contributed by atoms with Gasteiger partial charge in [-0.1, -0.05) is 18.2 Å². The van der Waals surface area contributed by atoms with Crippen molar-refractivity contribution in [3.05, 3.63) is 54.2 Å². The fourth-order valence-electron chi connectivity index (χ4n) is 1.62. The van der Waals surface area contributed by atoms with Crippen LogP contribution in [0, 0.1) is 0 Å². The van der Waals surface area contributed by atoms with Crippen LogP contribution in [-0.4, -0.2) is 20.4 Å². The number of hydrogen-bond donors (Lipinski definition) is 1. The van der Waals surface area contributed by atoms with Crippen LogP contribution in [0.5, 0.6) is 0 Å². The van der Waals surface area contributed by atoms with Crippen LogP contribution in [0.3, 0.4) is 0 Å². The summed E-state index contributed by atoms with van der Waals surface area (Å²) < 4.78 is 25.9. The van der Waals surface area contributed by atoms with Crippen molar-refractivity contribution < 1.29 is 8.42 Å². The van der Waals surface area contributed by atoms with E-state index in [9.17, 15) is 8.42 Å². The second-order valence-corrected chi connectivity index (χ2v) is 5.98. The zero-order valence-electron chi connectivity index (χ0n) is 10.5. The maximum Gasteiger partial charge on any atom is 0.265 e. The fraction of sp³-hybridized carbons (Fsp3) is 0.154. The van der Waals surface area contributed by atoms with Gasteiger partial charge < -0.3 is 5.73 Å². The van der Waals surface area contributed by atoms with Gasteiger partial charge in [0, 0.05) is 19.8 Å². The van der Waals surface area contributed by atoms with Crippen molar-refractivity contribution in [2.45, 2.75) is 11.4 Å². The monoisotopic (exact) mass is 277 g/mol. The standard InChI is InChI=1S/C13H15N3O2S/c1-16(13-4-2-3-9-15-13)19(17,18)12-7-5-11(10-14)6-8-12/h2-9H,10,14H2,1H3. The van der Waals surface area contributed by atoms with Crippen molar-refractivity contribution >= 4 is 15.8 Å². The summed E-state index contributed by atoms with van der Waals surface area (Å²) >= 11 is 0. The van der Waals surface area contributed by atoms with Gasteiger partial charge in [0.05, 0.1) is 4.90 Å². The van der Waals surface area contributed by atoms with Gasteiger partial charge in [0.15, 0.2) is 0 Å². The van der Waals surface area contributed by atoms with Crippen LogP contribution in [0.2, 0.25) is 0 Å². The third-order valence-electron chi connectivity index (χ3n) is 2.79. The molecule has 0 aliphatic carbocycles. The van der Waals surface area contributed by atoms with Crippen LogP contribution in [0.25, 0.3) is 0 Å². The van der Waals surface area contributed by atoms with Gasteiger partial charge in [-0.25, -0.2) is 13.4 Å². The molecule has 0 fully saturated rings. The van der Waals surface area contributed by atoms with E-state index in [1.807, 2.05) is 0 Å². The van der Waals surface area contributed by atoms with Gasteiger partial charge in [-0.05, 0) is 29.8 Å². The summed E-state index contributed by atoms with van der Waals surface area (Å²) in [7, 11) is -2.11. The first-order chi connectivity index (χ1) is 9.05. The largest absolute Gasteiger partial charge is 0.326 e. The van der Waals surface area contributed by atoms with Gasteiger partial charge in [-0.15, -0.1) is 0 Å². The van der Waals surface area contributed by atoms with E-state index in [1.54, 1.807) is 48.7 Å².